The van der Waals surface area contributed by atoms with E-state index in [1.165, 1.54) is 38.8 Å². The van der Waals surface area contributed by atoms with Gasteiger partial charge in [0.25, 0.3) is 0 Å². The van der Waals surface area contributed by atoms with E-state index < -0.39 is 0 Å². The number of nitrogens with one attached hydrogen (secondary N) is 1. The number of H-pyrrole nitrogens is 1. The van der Waals surface area contributed by atoms with Gasteiger partial charge in [0.15, 0.2) is 0 Å². The molecule has 4 heteroatoms. The van der Waals surface area contributed by atoms with Crippen molar-refractivity contribution in [2.24, 2.45) is 0 Å². The van der Waals surface area contributed by atoms with Gasteiger partial charge in [-0.1, -0.05) is 12.8 Å². The minimum absolute atomic E-state index is 0.786. The lowest BCUT2D eigenvalue weighted by atomic mass is 10.2. The van der Waals surface area contributed by atoms with Gasteiger partial charge in [-0.15, -0.1) is 0 Å². The van der Waals surface area contributed by atoms with E-state index in [1.54, 1.807) is 6.20 Å². The van der Waals surface area contributed by atoms with Gasteiger partial charge < -0.3 is 5.73 Å². The molecule has 1 aliphatic heterocycles. The summed E-state index contributed by atoms with van der Waals surface area (Å²) in [5, 5.41) is 6.89. The zero-order valence-corrected chi connectivity index (χ0v) is 8.50. The molecule has 0 bridgehead atoms. The molecule has 0 saturated carbocycles. The topological polar surface area (TPSA) is 57.9 Å². The Hall–Kier alpha value is -1.03. The zero-order chi connectivity index (χ0) is 9.80. The van der Waals surface area contributed by atoms with Crippen molar-refractivity contribution in [3.05, 3.63) is 11.9 Å². The summed E-state index contributed by atoms with van der Waals surface area (Å²) >= 11 is 0. The molecule has 2 rings (SSSR count). The Bertz CT molecular complexity index is 273. The molecule has 1 saturated heterocycles. The Morgan fingerprint density at radius 2 is 2.00 bits per heavy atom. The molecule has 0 spiro atoms. The first-order chi connectivity index (χ1) is 6.86. The predicted octanol–water partition coefficient (Wildman–Crippen LogP) is 1.37. The lowest BCUT2D eigenvalue weighted by Gasteiger charge is -2.18. The quantitative estimate of drug-likeness (QED) is 0.747. The molecule has 14 heavy (non-hydrogen) atoms. The maximum atomic E-state index is 5.78. The molecule has 0 atom stereocenters. The molecule has 1 aromatic rings. The second-order valence-electron chi connectivity index (χ2n) is 3.99. The third kappa shape index (κ3) is 2.26. The normalized spacial score (nSPS) is 19.4. The maximum absolute atomic E-state index is 5.78. The monoisotopic (exact) mass is 194 g/mol. The smallest absolute Gasteiger partial charge is 0.0743 e. The van der Waals surface area contributed by atoms with Gasteiger partial charge in [-0.05, 0) is 25.9 Å². The van der Waals surface area contributed by atoms with Gasteiger partial charge in [0.2, 0.25) is 0 Å². The summed E-state index contributed by atoms with van der Waals surface area (Å²) in [5.74, 6) is 0. The van der Waals surface area contributed by atoms with Crippen LogP contribution in [0.25, 0.3) is 0 Å². The molecule has 0 unspecified atom stereocenters. The third-order valence-corrected chi connectivity index (χ3v) is 2.83. The number of rotatable bonds is 2. The molecule has 3 N–H and O–H groups in total. The molecule has 1 aliphatic rings. The Morgan fingerprint density at radius 1 is 1.29 bits per heavy atom. The first-order valence-electron chi connectivity index (χ1n) is 5.36. The number of likely N-dealkylation sites (tertiary alicyclic amines) is 1. The van der Waals surface area contributed by atoms with E-state index in [9.17, 15) is 0 Å². The summed E-state index contributed by atoms with van der Waals surface area (Å²) in [6.07, 6.45) is 7.05. The summed E-state index contributed by atoms with van der Waals surface area (Å²) in [4.78, 5) is 2.46. The van der Waals surface area contributed by atoms with Crippen LogP contribution in [0.15, 0.2) is 6.20 Å². The van der Waals surface area contributed by atoms with Crippen LogP contribution in [-0.4, -0.2) is 28.2 Å². The lowest BCUT2D eigenvalue weighted by molar-refractivity contribution is 0.274. The maximum Gasteiger partial charge on any atom is 0.0743 e. The average Bonchev–Trinajstić information content (AvgIpc) is 2.44. The van der Waals surface area contributed by atoms with Crippen molar-refractivity contribution in [3.63, 3.8) is 0 Å². The number of nitrogens with zero attached hydrogens (tertiary/aromatic N) is 2. The van der Waals surface area contributed by atoms with Crippen molar-refractivity contribution in [1.29, 1.82) is 0 Å². The van der Waals surface area contributed by atoms with E-state index in [0.29, 0.717) is 0 Å². The van der Waals surface area contributed by atoms with Crippen molar-refractivity contribution in [2.75, 3.05) is 18.8 Å². The predicted molar refractivity (Wildman–Crippen MR) is 56.7 cm³/mol. The fourth-order valence-electron chi connectivity index (χ4n) is 1.97. The summed E-state index contributed by atoms with van der Waals surface area (Å²) in [6.45, 7) is 3.31. The molecule has 4 nitrogen and oxygen atoms in total. The fraction of sp³-hybridized carbons (Fsp3) is 0.700. The molecule has 2 heterocycles. The number of aromatic nitrogens is 2. The first kappa shape index (κ1) is 9.52. The number of nitrogen functional groups attached to an aromatic ring is 1. The number of aromatic amines is 1. The van der Waals surface area contributed by atoms with E-state index >= 15 is 0 Å². The van der Waals surface area contributed by atoms with Crippen molar-refractivity contribution < 1.29 is 0 Å². The summed E-state index contributed by atoms with van der Waals surface area (Å²) in [5.41, 5.74) is 7.62. The highest BCUT2D eigenvalue weighted by atomic mass is 15.2. The Kier molecular flexibility index (Phi) is 3.03. The minimum atomic E-state index is 0.786. The molecule has 1 fully saturated rings. The van der Waals surface area contributed by atoms with Gasteiger partial charge in [0.1, 0.15) is 0 Å². The molecule has 0 aromatic carbocycles. The van der Waals surface area contributed by atoms with Gasteiger partial charge >= 0.3 is 0 Å². The van der Waals surface area contributed by atoms with Crippen LogP contribution in [0.1, 0.15) is 31.4 Å². The zero-order valence-electron chi connectivity index (χ0n) is 8.50. The highest BCUT2D eigenvalue weighted by Crippen LogP contribution is 2.14. The van der Waals surface area contributed by atoms with Gasteiger partial charge in [-0.3, -0.25) is 10.00 Å². The SMILES string of the molecule is Nc1cn[nH]c1CN1CCCCCC1. The highest BCUT2D eigenvalue weighted by molar-refractivity contribution is 5.39. The Labute approximate surface area is 84.5 Å². The van der Waals surface area contributed by atoms with Gasteiger partial charge in [-0.25, -0.2) is 0 Å². The van der Waals surface area contributed by atoms with Crippen LogP contribution in [0.5, 0.6) is 0 Å². The average molecular weight is 194 g/mol. The van der Waals surface area contributed by atoms with Crippen molar-refractivity contribution in [2.45, 2.75) is 32.2 Å². The highest BCUT2D eigenvalue weighted by Gasteiger charge is 2.11. The van der Waals surface area contributed by atoms with Gasteiger partial charge in [0.05, 0.1) is 17.6 Å². The second-order valence-corrected chi connectivity index (χ2v) is 3.99. The summed E-state index contributed by atoms with van der Waals surface area (Å²) < 4.78 is 0. The first-order valence-corrected chi connectivity index (χ1v) is 5.36. The van der Waals surface area contributed by atoms with Crippen molar-refractivity contribution >= 4 is 5.69 Å². The number of anilines is 1. The van der Waals surface area contributed by atoms with E-state index in [-0.39, 0.29) is 0 Å². The van der Waals surface area contributed by atoms with Gasteiger partial charge in [-0.2, -0.15) is 5.10 Å². The van der Waals surface area contributed by atoms with Crippen molar-refractivity contribution in [1.82, 2.24) is 15.1 Å². The van der Waals surface area contributed by atoms with E-state index in [1.807, 2.05) is 0 Å². The van der Waals surface area contributed by atoms with Crippen LogP contribution in [-0.2, 0) is 6.54 Å². The van der Waals surface area contributed by atoms with Crippen LogP contribution in [0.2, 0.25) is 0 Å². The van der Waals surface area contributed by atoms with Gasteiger partial charge in [0, 0.05) is 6.54 Å². The fourth-order valence-corrected chi connectivity index (χ4v) is 1.97. The standard InChI is InChI=1S/C10H18N4/c11-9-7-12-13-10(9)8-14-5-3-1-2-4-6-14/h7H,1-6,8,11H2,(H,12,13). The molecule has 1 aromatic heterocycles. The minimum Gasteiger partial charge on any atom is -0.396 e. The molecule has 78 valence electrons. The molecular formula is C10H18N4. The van der Waals surface area contributed by atoms with Crippen molar-refractivity contribution in [3.8, 4) is 0 Å². The summed E-state index contributed by atoms with van der Waals surface area (Å²) in [6, 6.07) is 0. The number of nitrogens with two attached hydrogens (primary N) is 1. The summed E-state index contributed by atoms with van der Waals surface area (Å²) in [7, 11) is 0. The van der Waals surface area contributed by atoms with E-state index in [4.69, 9.17) is 5.73 Å². The lowest BCUT2D eigenvalue weighted by Crippen LogP contribution is -2.24. The van der Waals surface area contributed by atoms with Crippen LogP contribution in [0, 0.1) is 0 Å². The third-order valence-electron chi connectivity index (χ3n) is 2.83. The number of hydrogen-bond donors (Lipinski definition) is 2. The second kappa shape index (κ2) is 4.46. The molecule has 0 radical (unpaired) electrons. The van der Waals surface area contributed by atoms with Crippen LogP contribution >= 0.6 is 0 Å². The number of hydrogen-bond acceptors (Lipinski definition) is 3. The van der Waals surface area contributed by atoms with Crippen LogP contribution in [0.4, 0.5) is 5.69 Å². The van der Waals surface area contributed by atoms with E-state index in [2.05, 4.69) is 15.1 Å². The molecule has 0 amide bonds. The largest absolute Gasteiger partial charge is 0.396 e. The Morgan fingerprint density at radius 3 is 2.57 bits per heavy atom. The molecular weight excluding hydrogens is 176 g/mol. The molecule has 0 aliphatic carbocycles. The van der Waals surface area contributed by atoms with E-state index in [0.717, 1.165) is 17.9 Å². The van der Waals surface area contributed by atoms with Crippen LogP contribution < -0.4 is 5.73 Å². The van der Waals surface area contributed by atoms with Crippen LogP contribution in [0.3, 0.4) is 0 Å². The Balaban J connectivity index is 1.92.